The van der Waals surface area contributed by atoms with Crippen molar-refractivity contribution in [1.29, 1.82) is 0 Å². The van der Waals surface area contributed by atoms with E-state index in [9.17, 15) is 9.59 Å². The van der Waals surface area contributed by atoms with Gasteiger partial charge in [-0.05, 0) is 24.1 Å². The van der Waals surface area contributed by atoms with Gasteiger partial charge in [0, 0.05) is 13.3 Å². The number of hydrogen-bond donors (Lipinski definition) is 2. The van der Waals surface area contributed by atoms with E-state index in [1.807, 2.05) is 0 Å². The molecule has 0 heterocycles. The number of primary amides is 1. The Labute approximate surface area is 100 Å². The van der Waals surface area contributed by atoms with E-state index in [4.69, 9.17) is 5.11 Å². The molecule has 5 nitrogen and oxygen atoms in total. The molecule has 0 saturated heterocycles. The molecule has 1 amide bonds. The summed E-state index contributed by atoms with van der Waals surface area (Å²) in [6, 6.07) is 6.79. The van der Waals surface area contributed by atoms with Gasteiger partial charge in [-0.1, -0.05) is 12.1 Å². The van der Waals surface area contributed by atoms with E-state index in [0.29, 0.717) is 12.8 Å². The highest BCUT2D eigenvalue weighted by Gasteiger charge is 2.00. The van der Waals surface area contributed by atoms with Crippen molar-refractivity contribution < 1.29 is 19.4 Å². The Morgan fingerprint density at radius 2 is 1.76 bits per heavy atom. The Balaban J connectivity index is 0.000000557. The van der Waals surface area contributed by atoms with Crippen LogP contribution in [0.15, 0.2) is 24.3 Å². The zero-order chi connectivity index (χ0) is 13.3. The number of methoxy groups -OCH3 is 1. The van der Waals surface area contributed by atoms with Crippen LogP contribution in [0.3, 0.4) is 0 Å². The number of hydrogen-bond acceptors (Lipinski definition) is 4. The molecule has 5 heteroatoms. The zero-order valence-corrected chi connectivity index (χ0v) is 9.97. The lowest BCUT2D eigenvalue weighted by molar-refractivity contribution is -0.140. The van der Waals surface area contributed by atoms with E-state index >= 15 is 0 Å². The molecule has 0 saturated carbocycles. The van der Waals surface area contributed by atoms with E-state index in [1.165, 1.54) is 14.0 Å². The highest BCUT2D eigenvalue weighted by Crippen LogP contribution is 2.11. The summed E-state index contributed by atoms with van der Waals surface area (Å²) in [4.78, 5) is 20.0. The molecule has 0 unspecified atom stereocenters. The van der Waals surface area contributed by atoms with Crippen LogP contribution in [-0.4, -0.2) is 24.1 Å². The van der Waals surface area contributed by atoms with Crippen LogP contribution in [0, 0.1) is 0 Å². The number of aromatic hydroxyl groups is 1. The van der Waals surface area contributed by atoms with Gasteiger partial charge in [-0.2, -0.15) is 0 Å². The van der Waals surface area contributed by atoms with Crippen molar-refractivity contribution in [3.63, 3.8) is 0 Å². The summed E-state index contributed by atoms with van der Waals surface area (Å²) in [6.07, 6.45) is 1.02. The molecular formula is C12H17NO4. The van der Waals surface area contributed by atoms with Gasteiger partial charge in [0.05, 0.1) is 7.11 Å². The second kappa shape index (κ2) is 8.15. The van der Waals surface area contributed by atoms with Crippen LogP contribution in [0.2, 0.25) is 0 Å². The van der Waals surface area contributed by atoms with Crippen molar-refractivity contribution in [3.8, 4) is 5.75 Å². The average Bonchev–Trinajstić information content (AvgIpc) is 2.27. The highest BCUT2D eigenvalue weighted by molar-refractivity contribution is 5.70. The van der Waals surface area contributed by atoms with Crippen molar-refractivity contribution in [3.05, 3.63) is 29.8 Å². The summed E-state index contributed by atoms with van der Waals surface area (Å²) in [5.74, 6) is -0.310. The maximum atomic E-state index is 10.8. The van der Waals surface area contributed by atoms with Gasteiger partial charge in [0.1, 0.15) is 5.75 Å². The minimum absolute atomic E-state index is 0.215. The predicted octanol–water partition coefficient (Wildman–Crippen LogP) is 0.989. The number of nitrogens with two attached hydrogens (primary N) is 1. The van der Waals surface area contributed by atoms with Crippen molar-refractivity contribution in [2.45, 2.75) is 19.8 Å². The van der Waals surface area contributed by atoms with Crippen LogP contribution in [-0.2, 0) is 20.7 Å². The fraction of sp³-hybridized carbons (Fsp3) is 0.333. The molecule has 0 aliphatic carbocycles. The Morgan fingerprint density at radius 1 is 1.29 bits per heavy atom. The molecule has 0 aromatic heterocycles. The summed E-state index contributed by atoms with van der Waals surface area (Å²) in [5.41, 5.74) is 5.49. The largest absolute Gasteiger partial charge is 0.508 e. The number of phenolic OH excluding ortho intramolecular Hbond substituents is 1. The Morgan fingerprint density at radius 3 is 2.18 bits per heavy atom. The molecular weight excluding hydrogens is 222 g/mol. The van der Waals surface area contributed by atoms with Crippen LogP contribution < -0.4 is 5.73 Å². The molecule has 0 radical (unpaired) electrons. The third kappa shape index (κ3) is 8.92. The van der Waals surface area contributed by atoms with Gasteiger partial charge >= 0.3 is 5.97 Å². The molecule has 0 atom stereocenters. The Hall–Kier alpha value is -2.04. The summed E-state index contributed by atoms with van der Waals surface area (Å²) >= 11 is 0. The molecule has 3 N–H and O–H groups in total. The standard InChI is InChI=1S/C10H12O3.C2H5NO/c1-13-10(12)7-4-8-2-5-9(11)6-3-8;1-2(3)4/h2-3,5-6,11H,4,7H2,1H3;1H3,(H2,3,4). The lowest BCUT2D eigenvalue weighted by atomic mass is 10.1. The summed E-state index contributed by atoms with van der Waals surface area (Å²) in [6.45, 7) is 1.31. The summed E-state index contributed by atoms with van der Waals surface area (Å²) in [7, 11) is 1.37. The van der Waals surface area contributed by atoms with E-state index in [0.717, 1.165) is 5.56 Å². The molecule has 17 heavy (non-hydrogen) atoms. The topological polar surface area (TPSA) is 89.6 Å². The first kappa shape index (κ1) is 15.0. The Bertz CT molecular complexity index is 355. The minimum atomic E-state index is -0.333. The zero-order valence-electron chi connectivity index (χ0n) is 9.97. The van der Waals surface area contributed by atoms with Crippen molar-refractivity contribution >= 4 is 11.9 Å². The smallest absolute Gasteiger partial charge is 0.305 e. The molecule has 0 aliphatic rings. The van der Waals surface area contributed by atoms with Crippen molar-refractivity contribution in [2.24, 2.45) is 5.73 Å². The van der Waals surface area contributed by atoms with E-state index < -0.39 is 0 Å². The number of aryl methyl sites for hydroxylation is 1. The lowest BCUT2D eigenvalue weighted by Crippen LogP contribution is -2.01. The third-order valence-corrected chi connectivity index (χ3v) is 1.78. The fourth-order valence-electron chi connectivity index (χ4n) is 1.01. The second-order valence-electron chi connectivity index (χ2n) is 3.35. The SMILES string of the molecule is CC(N)=O.COC(=O)CCc1ccc(O)cc1. The first-order valence-corrected chi connectivity index (χ1v) is 5.06. The quantitative estimate of drug-likeness (QED) is 0.770. The highest BCUT2D eigenvalue weighted by atomic mass is 16.5. The van der Waals surface area contributed by atoms with Crippen LogP contribution in [0.1, 0.15) is 18.9 Å². The van der Waals surface area contributed by atoms with Crippen LogP contribution in [0.25, 0.3) is 0 Å². The maximum Gasteiger partial charge on any atom is 0.305 e. The number of carbonyl (C=O) groups is 2. The molecule has 0 aliphatic heterocycles. The molecule has 1 aromatic rings. The number of ether oxygens (including phenoxy) is 1. The van der Waals surface area contributed by atoms with Gasteiger partial charge in [0.25, 0.3) is 0 Å². The van der Waals surface area contributed by atoms with Crippen molar-refractivity contribution in [2.75, 3.05) is 7.11 Å². The van der Waals surface area contributed by atoms with Gasteiger partial charge < -0.3 is 15.6 Å². The summed E-state index contributed by atoms with van der Waals surface area (Å²) in [5, 5.41) is 8.99. The van der Waals surface area contributed by atoms with Gasteiger partial charge in [0.15, 0.2) is 0 Å². The molecule has 1 rings (SSSR count). The number of phenols is 1. The number of benzene rings is 1. The number of amides is 1. The normalized spacial score (nSPS) is 8.82. The van der Waals surface area contributed by atoms with Gasteiger partial charge in [0.2, 0.25) is 5.91 Å². The molecule has 94 valence electrons. The van der Waals surface area contributed by atoms with Gasteiger partial charge in [-0.15, -0.1) is 0 Å². The van der Waals surface area contributed by atoms with Crippen LogP contribution >= 0.6 is 0 Å². The second-order valence-corrected chi connectivity index (χ2v) is 3.35. The van der Waals surface area contributed by atoms with Crippen LogP contribution in [0.4, 0.5) is 0 Å². The van der Waals surface area contributed by atoms with Gasteiger partial charge in [-0.3, -0.25) is 9.59 Å². The minimum Gasteiger partial charge on any atom is -0.508 e. The third-order valence-electron chi connectivity index (χ3n) is 1.78. The fourth-order valence-corrected chi connectivity index (χ4v) is 1.01. The average molecular weight is 239 g/mol. The van der Waals surface area contributed by atoms with E-state index in [2.05, 4.69) is 10.5 Å². The van der Waals surface area contributed by atoms with Crippen LogP contribution in [0.5, 0.6) is 5.75 Å². The number of esters is 1. The van der Waals surface area contributed by atoms with E-state index in [-0.39, 0.29) is 17.6 Å². The lowest BCUT2D eigenvalue weighted by Gasteiger charge is -2.00. The first-order chi connectivity index (χ1) is 7.95. The van der Waals surface area contributed by atoms with Gasteiger partial charge in [-0.25, -0.2) is 0 Å². The maximum absolute atomic E-state index is 10.8. The number of rotatable bonds is 3. The first-order valence-electron chi connectivity index (χ1n) is 5.06. The predicted molar refractivity (Wildman–Crippen MR) is 63.3 cm³/mol. The molecule has 0 bridgehead atoms. The molecule has 0 fully saturated rings. The molecule has 0 spiro atoms. The monoisotopic (exact) mass is 239 g/mol. The van der Waals surface area contributed by atoms with E-state index in [1.54, 1.807) is 24.3 Å². The summed E-state index contributed by atoms with van der Waals surface area (Å²) < 4.78 is 4.51. The Kier molecular flexibility index (Phi) is 7.17. The molecule has 1 aromatic carbocycles. The number of carbonyl (C=O) groups excluding carboxylic acids is 2. The van der Waals surface area contributed by atoms with Crippen molar-refractivity contribution in [1.82, 2.24) is 0 Å².